The van der Waals surface area contributed by atoms with Crippen LogP contribution in [-0.2, 0) is 24.3 Å². The molecule has 2 heterocycles. The average Bonchev–Trinajstić information content (AvgIpc) is 3.28. The highest BCUT2D eigenvalue weighted by molar-refractivity contribution is 7.89. The molecule has 29 heavy (non-hydrogen) atoms. The number of benzene rings is 1. The smallest absolute Gasteiger partial charge is 0.374 e. The lowest BCUT2D eigenvalue weighted by molar-refractivity contribution is -0.119. The molecule has 0 unspecified atom stereocenters. The van der Waals surface area contributed by atoms with Gasteiger partial charge in [0.25, 0.3) is 5.91 Å². The van der Waals surface area contributed by atoms with Gasteiger partial charge in [0.05, 0.1) is 37.2 Å². The van der Waals surface area contributed by atoms with E-state index in [0.29, 0.717) is 13.2 Å². The molecular weight excluding hydrogens is 404 g/mol. The van der Waals surface area contributed by atoms with Crippen LogP contribution in [0.15, 0.2) is 45.9 Å². The Bertz CT molecular complexity index is 966. The minimum Gasteiger partial charge on any atom is -0.495 e. The van der Waals surface area contributed by atoms with Crippen LogP contribution in [0.4, 0.5) is 5.69 Å². The predicted molar refractivity (Wildman–Crippen MR) is 100 cm³/mol. The van der Waals surface area contributed by atoms with Gasteiger partial charge in [-0.05, 0) is 24.3 Å². The molecule has 1 saturated heterocycles. The number of carbonyl (C=O) groups is 2. The maximum absolute atomic E-state index is 12.7. The third kappa shape index (κ3) is 4.94. The molecule has 0 atom stereocenters. The molecule has 156 valence electrons. The van der Waals surface area contributed by atoms with Gasteiger partial charge in [-0.15, -0.1) is 0 Å². The van der Waals surface area contributed by atoms with Crippen molar-refractivity contribution in [3.8, 4) is 5.75 Å². The Labute approximate surface area is 167 Å². The fraction of sp³-hybridized carbons (Fsp3) is 0.333. The second kappa shape index (κ2) is 9.07. The molecule has 1 fully saturated rings. The van der Waals surface area contributed by atoms with Crippen LogP contribution < -0.4 is 10.1 Å². The van der Waals surface area contributed by atoms with Crippen molar-refractivity contribution in [2.45, 2.75) is 4.90 Å². The van der Waals surface area contributed by atoms with Gasteiger partial charge in [-0.25, -0.2) is 13.2 Å². The van der Waals surface area contributed by atoms with Gasteiger partial charge in [0.1, 0.15) is 5.75 Å². The first kappa shape index (κ1) is 20.8. The first-order valence-electron chi connectivity index (χ1n) is 8.68. The monoisotopic (exact) mass is 424 g/mol. The second-order valence-corrected chi connectivity index (χ2v) is 7.92. The van der Waals surface area contributed by atoms with E-state index in [1.54, 1.807) is 0 Å². The van der Waals surface area contributed by atoms with Gasteiger partial charge in [-0.3, -0.25) is 4.79 Å². The van der Waals surface area contributed by atoms with Crippen molar-refractivity contribution in [3.63, 3.8) is 0 Å². The highest BCUT2D eigenvalue weighted by Crippen LogP contribution is 2.29. The number of methoxy groups -OCH3 is 1. The van der Waals surface area contributed by atoms with Crippen molar-refractivity contribution in [1.82, 2.24) is 4.31 Å². The molecule has 0 radical (unpaired) electrons. The number of carbonyl (C=O) groups excluding carboxylic acids is 2. The largest absolute Gasteiger partial charge is 0.495 e. The number of morpholine rings is 1. The molecule has 0 aliphatic carbocycles. The maximum Gasteiger partial charge on any atom is 0.374 e. The predicted octanol–water partition coefficient (Wildman–Crippen LogP) is 1.10. The Morgan fingerprint density at radius 3 is 2.62 bits per heavy atom. The highest BCUT2D eigenvalue weighted by Gasteiger charge is 2.27. The fourth-order valence-corrected chi connectivity index (χ4v) is 4.08. The highest BCUT2D eigenvalue weighted by atomic mass is 32.2. The number of sulfonamides is 1. The summed E-state index contributed by atoms with van der Waals surface area (Å²) in [6.45, 7) is 0.660. The van der Waals surface area contributed by atoms with E-state index < -0.39 is 28.5 Å². The first-order valence-corrected chi connectivity index (χ1v) is 10.1. The van der Waals surface area contributed by atoms with E-state index in [9.17, 15) is 18.0 Å². The lowest BCUT2D eigenvalue weighted by Gasteiger charge is -2.26. The summed E-state index contributed by atoms with van der Waals surface area (Å²) in [5, 5.41) is 2.52. The number of ether oxygens (including phenoxy) is 3. The van der Waals surface area contributed by atoms with Gasteiger partial charge >= 0.3 is 5.97 Å². The van der Waals surface area contributed by atoms with Crippen LogP contribution in [-0.4, -0.2) is 64.6 Å². The van der Waals surface area contributed by atoms with Crippen LogP contribution in [0.1, 0.15) is 10.6 Å². The zero-order chi connectivity index (χ0) is 20.9. The molecule has 1 aliphatic rings. The number of nitrogens with zero attached hydrogens (tertiary/aromatic N) is 1. The second-order valence-electron chi connectivity index (χ2n) is 5.98. The summed E-state index contributed by atoms with van der Waals surface area (Å²) in [6, 6.07) is 7.05. The number of nitrogens with one attached hydrogen (secondary N) is 1. The van der Waals surface area contributed by atoms with Crippen LogP contribution in [0.25, 0.3) is 0 Å². The maximum atomic E-state index is 12.7. The molecule has 3 rings (SSSR count). The van der Waals surface area contributed by atoms with Crippen molar-refractivity contribution in [2.24, 2.45) is 0 Å². The van der Waals surface area contributed by atoms with E-state index in [1.807, 2.05) is 0 Å². The topological polar surface area (TPSA) is 124 Å². The zero-order valence-electron chi connectivity index (χ0n) is 15.6. The SMILES string of the molecule is COc1cc(S(=O)(=O)N2CCOCC2)ccc1NC(=O)COC(=O)c1ccco1. The molecule has 1 aromatic heterocycles. The van der Waals surface area contributed by atoms with Crippen LogP contribution >= 0.6 is 0 Å². The summed E-state index contributed by atoms with van der Waals surface area (Å²) >= 11 is 0. The van der Waals surface area contributed by atoms with Crippen molar-refractivity contribution < 1.29 is 36.6 Å². The number of hydrogen-bond donors (Lipinski definition) is 1. The lowest BCUT2D eigenvalue weighted by Crippen LogP contribution is -2.40. The Kier molecular flexibility index (Phi) is 6.52. The van der Waals surface area contributed by atoms with Crippen molar-refractivity contribution >= 4 is 27.6 Å². The third-order valence-corrected chi connectivity index (χ3v) is 6.01. The van der Waals surface area contributed by atoms with Gasteiger partial charge in [-0.2, -0.15) is 4.31 Å². The van der Waals surface area contributed by atoms with Crippen molar-refractivity contribution in [1.29, 1.82) is 0 Å². The quantitative estimate of drug-likeness (QED) is 0.656. The number of esters is 1. The molecule has 1 aromatic carbocycles. The number of rotatable bonds is 7. The van der Waals surface area contributed by atoms with Crippen molar-refractivity contribution in [2.75, 3.05) is 45.3 Å². The summed E-state index contributed by atoms with van der Waals surface area (Å²) < 4.78 is 46.9. The Morgan fingerprint density at radius 1 is 1.21 bits per heavy atom. The number of anilines is 1. The Hall–Kier alpha value is -2.89. The standard InChI is InChI=1S/C18H20N2O8S/c1-25-16-11-13(29(23,24)20-6-9-26-10-7-20)4-5-14(16)19-17(21)12-28-18(22)15-3-2-8-27-15/h2-5,8,11H,6-7,9-10,12H2,1H3,(H,19,21). The third-order valence-electron chi connectivity index (χ3n) is 4.11. The van der Waals surface area contributed by atoms with E-state index in [2.05, 4.69) is 5.32 Å². The van der Waals surface area contributed by atoms with E-state index in [4.69, 9.17) is 18.6 Å². The molecule has 1 amide bonds. The Balaban J connectivity index is 1.67. The summed E-state index contributed by atoms with van der Waals surface area (Å²) in [4.78, 5) is 23.8. The van der Waals surface area contributed by atoms with Gasteiger partial charge in [0.15, 0.2) is 6.61 Å². The zero-order valence-corrected chi connectivity index (χ0v) is 16.4. The van der Waals surface area contributed by atoms with E-state index in [1.165, 1.54) is 48.0 Å². The lowest BCUT2D eigenvalue weighted by atomic mass is 10.3. The van der Waals surface area contributed by atoms with Crippen LogP contribution in [0.3, 0.4) is 0 Å². The molecule has 1 aliphatic heterocycles. The molecule has 11 heteroatoms. The molecule has 0 bridgehead atoms. The Morgan fingerprint density at radius 2 is 1.97 bits per heavy atom. The normalized spacial score (nSPS) is 14.9. The average molecular weight is 424 g/mol. The minimum absolute atomic E-state index is 0.0203. The van der Waals surface area contributed by atoms with Gasteiger partial charge in [-0.1, -0.05) is 0 Å². The van der Waals surface area contributed by atoms with Crippen molar-refractivity contribution in [3.05, 3.63) is 42.4 Å². The summed E-state index contributed by atoms with van der Waals surface area (Å²) in [7, 11) is -2.35. The molecule has 10 nitrogen and oxygen atoms in total. The van der Waals surface area contributed by atoms with E-state index in [-0.39, 0.29) is 35.2 Å². The number of amides is 1. The van der Waals surface area contributed by atoms with Crippen LogP contribution in [0.5, 0.6) is 5.75 Å². The van der Waals surface area contributed by atoms with Gasteiger partial charge in [0, 0.05) is 19.2 Å². The molecule has 0 saturated carbocycles. The minimum atomic E-state index is -3.71. The molecule has 2 aromatic rings. The summed E-state index contributed by atoms with van der Waals surface area (Å²) in [6.07, 6.45) is 1.31. The van der Waals surface area contributed by atoms with Crippen LogP contribution in [0, 0.1) is 0 Å². The number of hydrogen-bond acceptors (Lipinski definition) is 8. The van der Waals surface area contributed by atoms with Crippen LogP contribution in [0.2, 0.25) is 0 Å². The first-order chi connectivity index (χ1) is 13.9. The van der Waals surface area contributed by atoms with Gasteiger partial charge in [0.2, 0.25) is 15.8 Å². The van der Waals surface area contributed by atoms with Gasteiger partial charge < -0.3 is 23.9 Å². The summed E-state index contributed by atoms with van der Waals surface area (Å²) in [5.41, 5.74) is 0.243. The molecule has 0 spiro atoms. The fourth-order valence-electron chi connectivity index (χ4n) is 2.65. The molecular formula is C18H20N2O8S. The van der Waals surface area contributed by atoms with E-state index >= 15 is 0 Å². The van der Waals surface area contributed by atoms with E-state index in [0.717, 1.165) is 0 Å². The molecule has 1 N–H and O–H groups in total. The summed E-state index contributed by atoms with van der Waals surface area (Å²) in [5.74, 6) is -1.26. The number of furan rings is 1.